The standard InChI is InChI=1S/C18H21Cl2N7O/c1-10-15(11-6-13(23)26-16(20)14(11)19)25-12(7-28)17(24-10)27-4-2-18(8-21,9-22)3-5-27/h6,28H,2-5,7-8,21H2,1H3,(H2,23,26). The van der Waals surface area contributed by atoms with Crippen LogP contribution < -0.4 is 16.4 Å². The number of pyridine rings is 1. The Kier molecular flexibility index (Phi) is 5.91. The quantitative estimate of drug-likeness (QED) is 0.638. The first kappa shape index (κ1) is 20.6. The number of piperidine rings is 1. The van der Waals surface area contributed by atoms with E-state index in [4.69, 9.17) is 34.7 Å². The Morgan fingerprint density at radius 1 is 1.29 bits per heavy atom. The molecule has 3 rings (SSSR count). The van der Waals surface area contributed by atoms with E-state index in [1.165, 1.54) is 0 Å². The number of aliphatic hydroxyl groups excluding tert-OH is 1. The molecule has 0 spiro atoms. The zero-order chi connectivity index (χ0) is 20.5. The molecule has 10 heteroatoms. The third kappa shape index (κ3) is 3.71. The lowest BCUT2D eigenvalue weighted by Gasteiger charge is -2.37. The maximum atomic E-state index is 9.89. The number of aryl methyl sites for hydroxylation is 1. The fourth-order valence-electron chi connectivity index (χ4n) is 3.35. The van der Waals surface area contributed by atoms with Crippen LogP contribution in [-0.4, -0.2) is 39.7 Å². The summed E-state index contributed by atoms with van der Waals surface area (Å²) in [5.74, 6) is 0.808. The van der Waals surface area contributed by atoms with E-state index in [1.807, 2.05) is 4.90 Å². The number of rotatable bonds is 4. The van der Waals surface area contributed by atoms with Gasteiger partial charge in [0.15, 0.2) is 11.0 Å². The highest BCUT2D eigenvalue weighted by Crippen LogP contribution is 2.37. The topological polar surface area (TPSA) is 138 Å². The van der Waals surface area contributed by atoms with E-state index in [0.717, 1.165) is 0 Å². The number of aromatic nitrogens is 3. The molecule has 1 aliphatic rings. The summed E-state index contributed by atoms with van der Waals surface area (Å²) in [5.41, 5.74) is 13.1. The molecule has 0 aromatic carbocycles. The van der Waals surface area contributed by atoms with Crippen molar-refractivity contribution in [2.45, 2.75) is 26.4 Å². The van der Waals surface area contributed by atoms with Crippen LogP contribution in [0.25, 0.3) is 11.3 Å². The number of nitrogens with zero attached hydrogens (tertiary/aromatic N) is 5. The molecule has 2 aromatic rings. The van der Waals surface area contributed by atoms with Crippen LogP contribution in [-0.2, 0) is 6.61 Å². The molecule has 2 aromatic heterocycles. The van der Waals surface area contributed by atoms with Crippen LogP contribution in [0.2, 0.25) is 10.2 Å². The zero-order valence-electron chi connectivity index (χ0n) is 15.4. The van der Waals surface area contributed by atoms with E-state index in [-0.39, 0.29) is 22.6 Å². The van der Waals surface area contributed by atoms with Crippen LogP contribution >= 0.6 is 23.2 Å². The summed E-state index contributed by atoms with van der Waals surface area (Å²) in [5, 5.41) is 19.6. The Morgan fingerprint density at radius 3 is 2.54 bits per heavy atom. The molecule has 1 aliphatic heterocycles. The summed E-state index contributed by atoms with van der Waals surface area (Å²) < 4.78 is 0. The predicted octanol–water partition coefficient (Wildman–Crippen LogP) is 2.30. The molecule has 0 bridgehead atoms. The van der Waals surface area contributed by atoms with Crippen molar-refractivity contribution in [3.05, 3.63) is 27.6 Å². The van der Waals surface area contributed by atoms with Crippen molar-refractivity contribution in [1.29, 1.82) is 5.26 Å². The lowest BCUT2D eigenvalue weighted by molar-refractivity contribution is 0.274. The SMILES string of the molecule is Cc1nc(N2CCC(C#N)(CN)CC2)c(CO)nc1-c1cc(N)nc(Cl)c1Cl. The van der Waals surface area contributed by atoms with Crippen LogP contribution in [0.5, 0.6) is 0 Å². The van der Waals surface area contributed by atoms with Crippen molar-refractivity contribution in [2.75, 3.05) is 30.3 Å². The molecule has 0 amide bonds. The van der Waals surface area contributed by atoms with Crippen molar-refractivity contribution >= 4 is 34.8 Å². The molecular formula is C18H21Cl2N7O. The summed E-state index contributed by atoms with van der Waals surface area (Å²) >= 11 is 12.3. The average Bonchev–Trinajstić information content (AvgIpc) is 2.70. The number of hydrogen-bond donors (Lipinski definition) is 3. The second-order valence-corrected chi connectivity index (χ2v) is 7.60. The van der Waals surface area contributed by atoms with Gasteiger partial charge in [-0.25, -0.2) is 15.0 Å². The van der Waals surface area contributed by atoms with Crippen LogP contribution in [0.1, 0.15) is 24.2 Å². The molecule has 0 radical (unpaired) electrons. The van der Waals surface area contributed by atoms with Crippen molar-refractivity contribution in [3.63, 3.8) is 0 Å². The van der Waals surface area contributed by atoms with Gasteiger partial charge in [0, 0.05) is 25.2 Å². The second-order valence-electron chi connectivity index (χ2n) is 6.87. The Morgan fingerprint density at radius 2 is 1.96 bits per heavy atom. The minimum atomic E-state index is -0.503. The Labute approximate surface area is 173 Å². The van der Waals surface area contributed by atoms with Crippen molar-refractivity contribution in [3.8, 4) is 17.3 Å². The van der Waals surface area contributed by atoms with Crippen molar-refractivity contribution in [1.82, 2.24) is 15.0 Å². The molecule has 1 saturated heterocycles. The number of anilines is 2. The van der Waals surface area contributed by atoms with Gasteiger partial charge in [-0.3, -0.25) is 0 Å². The van der Waals surface area contributed by atoms with E-state index in [0.29, 0.717) is 60.9 Å². The maximum Gasteiger partial charge on any atom is 0.153 e. The highest BCUT2D eigenvalue weighted by molar-refractivity contribution is 6.43. The van der Waals surface area contributed by atoms with E-state index >= 15 is 0 Å². The minimum Gasteiger partial charge on any atom is -0.390 e. The van der Waals surface area contributed by atoms with E-state index in [2.05, 4.69) is 21.0 Å². The fourth-order valence-corrected chi connectivity index (χ4v) is 3.74. The molecule has 8 nitrogen and oxygen atoms in total. The van der Waals surface area contributed by atoms with Crippen molar-refractivity contribution in [2.24, 2.45) is 11.1 Å². The lowest BCUT2D eigenvalue weighted by atomic mass is 9.80. The van der Waals surface area contributed by atoms with Crippen LogP contribution in [0.3, 0.4) is 0 Å². The molecule has 0 saturated carbocycles. The van der Waals surface area contributed by atoms with E-state index in [1.54, 1.807) is 13.0 Å². The Balaban J connectivity index is 1.99. The number of aliphatic hydroxyl groups is 1. The smallest absolute Gasteiger partial charge is 0.153 e. The van der Waals surface area contributed by atoms with Gasteiger partial charge in [-0.05, 0) is 25.8 Å². The first-order chi connectivity index (χ1) is 13.3. The average molecular weight is 422 g/mol. The summed E-state index contributed by atoms with van der Waals surface area (Å²) in [6.45, 7) is 3.06. The molecule has 5 N–H and O–H groups in total. The fraction of sp³-hybridized carbons (Fsp3) is 0.444. The minimum absolute atomic E-state index is 0.0816. The summed E-state index contributed by atoms with van der Waals surface area (Å²) in [4.78, 5) is 15.2. The Hall–Kier alpha value is -2.18. The van der Waals surface area contributed by atoms with Crippen molar-refractivity contribution < 1.29 is 5.11 Å². The van der Waals surface area contributed by atoms with E-state index < -0.39 is 5.41 Å². The van der Waals surface area contributed by atoms with Gasteiger partial charge >= 0.3 is 0 Å². The molecule has 28 heavy (non-hydrogen) atoms. The summed E-state index contributed by atoms with van der Waals surface area (Å²) in [6, 6.07) is 3.92. The molecule has 0 aliphatic carbocycles. The number of nitrogen functional groups attached to an aromatic ring is 1. The molecule has 0 unspecified atom stereocenters. The lowest BCUT2D eigenvalue weighted by Crippen LogP contribution is -2.44. The number of nitriles is 1. The molecule has 3 heterocycles. The van der Waals surface area contributed by atoms with E-state index in [9.17, 15) is 10.4 Å². The highest BCUT2D eigenvalue weighted by Gasteiger charge is 2.34. The van der Waals surface area contributed by atoms with Crippen LogP contribution in [0.4, 0.5) is 11.6 Å². The molecular weight excluding hydrogens is 401 g/mol. The first-order valence-corrected chi connectivity index (χ1v) is 9.56. The molecule has 148 valence electrons. The van der Waals surface area contributed by atoms with Gasteiger partial charge in [0.1, 0.15) is 11.5 Å². The zero-order valence-corrected chi connectivity index (χ0v) is 16.9. The van der Waals surface area contributed by atoms with Gasteiger partial charge in [-0.2, -0.15) is 5.26 Å². The maximum absolute atomic E-state index is 9.89. The first-order valence-electron chi connectivity index (χ1n) is 8.80. The summed E-state index contributed by atoms with van der Waals surface area (Å²) in [7, 11) is 0. The van der Waals surface area contributed by atoms with Gasteiger partial charge in [0.05, 0.1) is 34.5 Å². The predicted molar refractivity (Wildman–Crippen MR) is 109 cm³/mol. The number of halogens is 2. The molecule has 0 atom stereocenters. The number of hydrogen-bond acceptors (Lipinski definition) is 8. The van der Waals surface area contributed by atoms with Gasteiger partial charge in [-0.15, -0.1) is 0 Å². The largest absolute Gasteiger partial charge is 0.390 e. The van der Waals surface area contributed by atoms with Gasteiger partial charge in [0.25, 0.3) is 0 Å². The van der Waals surface area contributed by atoms with Crippen LogP contribution in [0, 0.1) is 23.7 Å². The Bertz CT molecular complexity index is 937. The summed E-state index contributed by atoms with van der Waals surface area (Å²) in [6.07, 6.45) is 1.27. The van der Waals surface area contributed by atoms with Gasteiger partial charge < -0.3 is 21.5 Å². The highest BCUT2D eigenvalue weighted by atomic mass is 35.5. The third-order valence-corrected chi connectivity index (χ3v) is 5.86. The van der Waals surface area contributed by atoms with Gasteiger partial charge in [0.2, 0.25) is 0 Å². The number of nitrogens with two attached hydrogens (primary N) is 2. The normalized spacial score (nSPS) is 16.1. The van der Waals surface area contributed by atoms with Gasteiger partial charge in [-0.1, -0.05) is 23.2 Å². The second kappa shape index (κ2) is 8.05. The molecule has 1 fully saturated rings. The van der Waals surface area contributed by atoms with Crippen LogP contribution in [0.15, 0.2) is 6.07 Å². The third-order valence-electron chi connectivity index (χ3n) is 5.11. The monoisotopic (exact) mass is 421 g/mol.